The van der Waals surface area contributed by atoms with E-state index in [4.69, 9.17) is 9.84 Å². The van der Waals surface area contributed by atoms with Gasteiger partial charge in [0.15, 0.2) is 0 Å². The molecule has 0 bridgehead atoms. The molecular weight excluding hydrogens is 284 g/mol. The predicted octanol–water partition coefficient (Wildman–Crippen LogP) is 2.26. The third-order valence-corrected chi connectivity index (χ3v) is 3.07. The van der Waals surface area contributed by atoms with E-state index < -0.39 is 4.92 Å². The number of nitrogens with zero attached hydrogens (tertiary/aromatic N) is 1. The van der Waals surface area contributed by atoms with E-state index >= 15 is 0 Å². The number of benzene rings is 2. The number of nitrogens with one attached hydrogen (secondary N) is 1. The number of rotatable bonds is 8. The van der Waals surface area contributed by atoms with Gasteiger partial charge in [-0.1, -0.05) is 12.1 Å². The molecule has 0 fully saturated rings. The molecule has 0 unspecified atom stereocenters. The van der Waals surface area contributed by atoms with E-state index in [0.29, 0.717) is 19.7 Å². The summed E-state index contributed by atoms with van der Waals surface area (Å²) in [7, 11) is 0. The van der Waals surface area contributed by atoms with Gasteiger partial charge in [0.05, 0.1) is 11.5 Å². The summed E-state index contributed by atoms with van der Waals surface area (Å²) >= 11 is 0. The molecule has 0 aliphatic rings. The number of ether oxygens (including phenoxy) is 1. The van der Waals surface area contributed by atoms with Crippen molar-refractivity contribution >= 4 is 5.69 Å². The normalized spacial score (nSPS) is 10.4. The minimum Gasteiger partial charge on any atom is -0.489 e. The summed E-state index contributed by atoms with van der Waals surface area (Å²) in [5, 5.41) is 22.4. The van der Waals surface area contributed by atoms with Gasteiger partial charge in [0, 0.05) is 25.2 Å². The van der Waals surface area contributed by atoms with Crippen molar-refractivity contribution in [3.05, 3.63) is 69.8 Å². The molecule has 116 valence electrons. The summed E-state index contributed by atoms with van der Waals surface area (Å²) in [5.41, 5.74) is 2.00. The largest absolute Gasteiger partial charge is 0.489 e. The summed E-state index contributed by atoms with van der Waals surface area (Å²) in [6.45, 7) is 1.67. The molecule has 0 saturated carbocycles. The van der Waals surface area contributed by atoms with Crippen LogP contribution in [0.3, 0.4) is 0 Å². The van der Waals surface area contributed by atoms with E-state index in [9.17, 15) is 10.1 Å². The van der Waals surface area contributed by atoms with Crippen LogP contribution in [0.15, 0.2) is 48.5 Å². The fraction of sp³-hybridized carbons (Fsp3) is 0.250. The van der Waals surface area contributed by atoms with Crippen LogP contribution in [0.2, 0.25) is 0 Å². The Hall–Kier alpha value is -2.44. The lowest BCUT2D eigenvalue weighted by atomic mass is 10.2. The highest BCUT2D eigenvalue weighted by Crippen LogP contribution is 2.17. The lowest BCUT2D eigenvalue weighted by molar-refractivity contribution is -0.384. The van der Waals surface area contributed by atoms with Crippen LogP contribution in [0, 0.1) is 10.1 Å². The minimum absolute atomic E-state index is 0.0701. The number of hydrogen-bond donors (Lipinski definition) is 2. The average molecular weight is 302 g/mol. The Labute approximate surface area is 128 Å². The fourth-order valence-electron chi connectivity index (χ4n) is 1.94. The van der Waals surface area contributed by atoms with Gasteiger partial charge >= 0.3 is 0 Å². The zero-order valence-electron chi connectivity index (χ0n) is 12.1. The maximum atomic E-state index is 10.6. The molecule has 0 atom stereocenters. The molecule has 0 spiro atoms. The quantitative estimate of drug-likeness (QED) is 0.444. The van der Waals surface area contributed by atoms with Crippen LogP contribution in [0.25, 0.3) is 0 Å². The molecule has 6 nitrogen and oxygen atoms in total. The number of hydrogen-bond acceptors (Lipinski definition) is 5. The molecule has 6 heteroatoms. The molecule has 2 aromatic carbocycles. The van der Waals surface area contributed by atoms with E-state index in [1.54, 1.807) is 12.1 Å². The first kappa shape index (κ1) is 15.9. The molecule has 0 heterocycles. The first-order valence-electron chi connectivity index (χ1n) is 6.95. The van der Waals surface area contributed by atoms with Gasteiger partial charge in [-0.3, -0.25) is 10.1 Å². The summed E-state index contributed by atoms with van der Waals surface area (Å²) in [6, 6.07) is 14.0. The molecule has 0 aromatic heterocycles. The third-order valence-electron chi connectivity index (χ3n) is 3.07. The highest BCUT2D eigenvalue weighted by atomic mass is 16.6. The van der Waals surface area contributed by atoms with Gasteiger partial charge in [0.2, 0.25) is 0 Å². The average Bonchev–Trinajstić information content (AvgIpc) is 2.54. The first-order valence-corrected chi connectivity index (χ1v) is 6.95. The predicted molar refractivity (Wildman–Crippen MR) is 82.7 cm³/mol. The smallest absolute Gasteiger partial charge is 0.269 e. The first-order chi connectivity index (χ1) is 10.7. The Balaban J connectivity index is 1.90. The molecule has 2 rings (SSSR count). The molecule has 0 saturated heterocycles. The molecule has 0 radical (unpaired) electrons. The monoisotopic (exact) mass is 302 g/mol. The Morgan fingerprint density at radius 2 is 1.91 bits per heavy atom. The van der Waals surface area contributed by atoms with Gasteiger partial charge in [-0.25, -0.2) is 0 Å². The Morgan fingerprint density at radius 1 is 1.14 bits per heavy atom. The Morgan fingerprint density at radius 3 is 2.59 bits per heavy atom. The fourth-order valence-corrected chi connectivity index (χ4v) is 1.94. The van der Waals surface area contributed by atoms with Crippen molar-refractivity contribution in [1.82, 2.24) is 5.32 Å². The highest BCUT2D eigenvalue weighted by molar-refractivity contribution is 5.33. The number of nitro benzene ring substituents is 1. The second-order valence-corrected chi connectivity index (χ2v) is 4.76. The molecule has 0 aliphatic carbocycles. The van der Waals surface area contributed by atoms with E-state index in [2.05, 4.69) is 5.32 Å². The summed E-state index contributed by atoms with van der Waals surface area (Å²) in [6.07, 6.45) is 0. The van der Waals surface area contributed by atoms with Crippen molar-refractivity contribution in [2.45, 2.75) is 13.2 Å². The third kappa shape index (κ3) is 4.83. The zero-order chi connectivity index (χ0) is 15.8. The number of aliphatic hydroxyl groups is 1. The molecule has 2 N–H and O–H groups in total. The standard InChI is InChI=1S/C16H18N2O4/c19-9-8-17-11-14-2-1-3-16(10-14)22-12-13-4-6-15(7-5-13)18(20)21/h1-7,10,17,19H,8-9,11-12H2. The van der Waals surface area contributed by atoms with Crippen molar-refractivity contribution in [3.63, 3.8) is 0 Å². The van der Waals surface area contributed by atoms with Crippen LogP contribution in [-0.4, -0.2) is 23.2 Å². The summed E-state index contributed by atoms with van der Waals surface area (Å²) in [5.74, 6) is 0.738. The van der Waals surface area contributed by atoms with E-state index in [1.165, 1.54) is 12.1 Å². The Kier molecular flexibility index (Phi) is 5.88. The summed E-state index contributed by atoms with van der Waals surface area (Å²) in [4.78, 5) is 10.2. The molecule has 2 aromatic rings. The van der Waals surface area contributed by atoms with Crippen molar-refractivity contribution in [2.24, 2.45) is 0 Å². The highest BCUT2D eigenvalue weighted by Gasteiger charge is 2.04. The summed E-state index contributed by atoms with van der Waals surface area (Å²) < 4.78 is 5.69. The van der Waals surface area contributed by atoms with E-state index in [0.717, 1.165) is 16.9 Å². The SMILES string of the molecule is O=[N+]([O-])c1ccc(COc2cccc(CNCCO)c2)cc1. The van der Waals surface area contributed by atoms with Gasteiger partial charge in [-0.15, -0.1) is 0 Å². The van der Waals surface area contributed by atoms with Crippen LogP contribution in [0.5, 0.6) is 5.75 Å². The molecule has 0 amide bonds. The maximum Gasteiger partial charge on any atom is 0.269 e. The molecule has 22 heavy (non-hydrogen) atoms. The van der Waals surface area contributed by atoms with Crippen LogP contribution in [0.4, 0.5) is 5.69 Å². The van der Waals surface area contributed by atoms with Crippen molar-refractivity contribution in [1.29, 1.82) is 0 Å². The zero-order valence-corrected chi connectivity index (χ0v) is 12.1. The van der Waals surface area contributed by atoms with Gasteiger partial charge in [-0.2, -0.15) is 0 Å². The second-order valence-electron chi connectivity index (χ2n) is 4.76. The minimum atomic E-state index is -0.423. The molecule has 0 aliphatic heterocycles. The van der Waals surface area contributed by atoms with E-state index in [1.807, 2.05) is 24.3 Å². The topological polar surface area (TPSA) is 84.6 Å². The lowest BCUT2D eigenvalue weighted by Crippen LogP contribution is -2.17. The van der Waals surface area contributed by atoms with E-state index in [-0.39, 0.29) is 12.3 Å². The van der Waals surface area contributed by atoms with Crippen LogP contribution in [0.1, 0.15) is 11.1 Å². The molecular formula is C16H18N2O4. The van der Waals surface area contributed by atoms with Crippen molar-refractivity contribution < 1.29 is 14.8 Å². The van der Waals surface area contributed by atoms with Crippen molar-refractivity contribution in [3.8, 4) is 5.75 Å². The van der Waals surface area contributed by atoms with Crippen LogP contribution in [-0.2, 0) is 13.2 Å². The number of aliphatic hydroxyl groups excluding tert-OH is 1. The van der Waals surface area contributed by atoms with Gasteiger partial charge in [-0.05, 0) is 35.4 Å². The number of non-ortho nitro benzene ring substituents is 1. The van der Waals surface area contributed by atoms with Crippen molar-refractivity contribution in [2.75, 3.05) is 13.2 Å². The van der Waals surface area contributed by atoms with Crippen LogP contribution < -0.4 is 10.1 Å². The number of nitro groups is 1. The Bertz CT molecular complexity index is 614. The lowest BCUT2D eigenvalue weighted by Gasteiger charge is -2.08. The van der Waals surface area contributed by atoms with Gasteiger partial charge in [0.25, 0.3) is 5.69 Å². The van der Waals surface area contributed by atoms with Gasteiger partial charge in [0.1, 0.15) is 12.4 Å². The second kappa shape index (κ2) is 8.11. The maximum absolute atomic E-state index is 10.6. The van der Waals surface area contributed by atoms with Gasteiger partial charge < -0.3 is 15.2 Å². The van der Waals surface area contributed by atoms with Crippen LogP contribution >= 0.6 is 0 Å².